The Morgan fingerprint density at radius 2 is 1.26 bits per heavy atom. The van der Waals surface area contributed by atoms with Gasteiger partial charge in [-0.05, 0) is 61.1 Å². The first-order valence-electron chi connectivity index (χ1n) is 15.4. The highest BCUT2D eigenvalue weighted by Gasteiger charge is 2.31. The van der Waals surface area contributed by atoms with Gasteiger partial charge in [0.25, 0.3) is 0 Å². The number of aromatic amines is 2. The smallest absolute Gasteiger partial charge is 0.326 e. The standard InChI is InChI=1S/C33H43N7O5S/c1-46-15-13-27(33(44)45)38-31(42)29(17-21-19-37-26-12-5-3-9-23(21)26)40-32(43)28(39-30(41)24(35)10-6-7-14-34)16-20-18-36-25-11-4-2-8-22(20)25/h2-5,8-9,11-12,18-19,24,27-29,36-37H,6-7,10,13-17,34-35H2,1H3,(H,38,42)(H,39,41)(H,40,43)(H,44,45). The molecule has 0 radical (unpaired) electrons. The molecule has 2 heterocycles. The summed E-state index contributed by atoms with van der Waals surface area (Å²) in [6, 6.07) is 11.0. The van der Waals surface area contributed by atoms with E-state index in [-0.39, 0.29) is 19.3 Å². The number of H-pyrrole nitrogens is 2. The lowest BCUT2D eigenvalue weighted by Gasteiger charge is -2.25. The second-order valence-electron chi connectivity index (χ2n) is 11.3. The highest BCUT2D eigenvalue weighted by atomic mass is 32.2. The molecule has 0 fully saturated rings. The molecule has 0 bridgehead atoms. The van der Waals surface area contributed by atoms with Crippen molar-refractivity contribution in [2.75, 3.05) is 18.6 Å². The summed E-state index contributed by atoms with van der Waals surface area (Å²) in [4.78, 5) is 59.2. The van der Waals surface area contributed by atoms with Crippen molar-refractivity contribution in [2.24, 2.45) is 11.5 Å². The molecule has 10 N–H and O–H groups in total. The van der Waals surface area contributed by atoms with Crippen molar-refractivity contribution in [1.29, 1.82) is 0 Å². The van der Waals surface area contributed by atoms with Crippen molar-refractivity contribution in [3.63, 3.8) is 0 Å². The molecule has 246 valence electrons. The minimum absolute atomic E-state index is 0.0861. The van der Waals surface area contributed by atoms with Gasteiger partial charge in [-0.15, -0.1) is 0 Å². The molecule has 4 unspecified atom stereocenters. The molecule has 0 spiro atoms. The molecule has 4 aromatic rings. The van der Waals surface area contributed by atoms with Gasteiger partial charge in [-0.3, -0.25) is 14.4 Å². The third kappa shape index (κ3) is 9.12. The second kappa shape index (κ2) is 16.8. The molecule has 4 rings (SSSR count). The number of nitrogens with one attached hydrogen (secondary N) is 5. The quantitative estimate of drug-likeness (QED) is 0.0748. The molecule has 2 aromatic carbocycles. The number of carboxylic acids is 1. The number of nitrogens with two attached hydrogens (primary N) is 2. The number of aliphatic carboxylic acids is 1. The number of aromatic nitrogens is 2. The van der Waals surface area contributed by atoms with Crippen LogP contribution in [-0.2, 0) is 32.0 Å². The molecule has 0 saturated heterocycles. The third-order valence-electron chi connectivity index (χ3n) is 8.00. The van der Waals surface area contributed by atoms with Crippen LogP contribution in [-0.4, -0.2) is 81.5 Å². The molecule has 0 aliphatic heterocycles. The molecule has 12 nitrogen and oxygen atoms in total. The minimum Gasteiger partial charge on any atom is -0.480 e. The summed E-state index contributed by atoms with van der Waals surface area (Å²) in [6.45, 7) is 0.486. The number of hydrogen-bond acceptors (Lipinski definition) is 7. The summed E-state index contributed by atoms with van der Waals surface area (Å²) in [5.41, 5.74) is 15.1. The van der Waals surface area contributed by atoms with E-state index in [1.54, 1.807) is 12.4 Å². The van der Waals surface area contributed by atoms with Gasteiger partial charge in [0.2, 0.25) is 17.7 Å². The van der Waals surface area contributed by atoms with Crippen molar-refractivity contribution in [3.8, 4) is 0 Å². The van der Waals surface area contributed by atoms with E-state index in [0.717, 1.165) is 39.4 Å². The van der Waals surface area contributed by atoms with Crippen LogP contribution in [0.3, 0.4) is 0 Å². The lowest BCUT2D eigenvalue weighted by Crippen LogP contribution is -2.58. The van der Waals surface area contributed by atoms with Gasteiger partial charge < -0.3 is 42.5 Å². The summed E-state index contributed by atoms with van der Waals surface area (Å²) in [7, 11) is 0. The maximum absolute atomic E-state index is 14.0. The predicted octanol–water partition coefficient (Wildman–Crippen LogP) is 2.18. The molecule has 2 aromatic heterocycles. The van der Waals surface area contributed by atoms with Gasteiger partial charge in [0.15, 0.2) is 0 Å². The zero-order chi connectivity index (χ0) is 33.1. The van der Waals surface area contributed by atoms with Crippen molar-refractivity contribution in [1.82, 2.24) is 25.9 Å². The zero-order valence-electron chi connectivity index (χ0n) is 25.9. The van der Waals surface area contributed by atoms with E-state index >= 15 is 0 Å². The maximum atomic E-state index is 14.0. The van der Waals surface area contributed by atoms with Crippen LogP contribution >= 0.6 is 11.8 Å². The minimum atomic E-state index is -1.16. The van der Waals surface area contributed by atoms with Gasteiger partial charge in [0.05, 0.1) is 6.04 Å². The Balaban J connectivity index is 1.61. The molecule has 46 heavy (non-hydrogen) atoms. The van der Waals surface area contributed by atoms with Crippen LogP contribution < -0.4 is 27.4 Å². The molecule has 0 aliphatic carbocycles. The number of unbranched alkanes of at least 4 members (excludes halogenated alkanes) is 1. The Hall–Kier alpha value is -4.33. The normalized spacial score (nSPS) is 14.0. The first kappa shape index (κ1) is 34.5. The Morgan fingerprint density at radius 3 is 1.76 bits per heavy atom. The van der Waals surface area contributed by atoms with Gasteiger partial charge in [0.1, 0.15) is 18.1 Å². The number of hydrogen-bond donors (Lipinski definition) is 8. The van der Waals surface area contributed by atoms with E-state index in [4.69, 9.17) is 11.5 Å². The highest BCUT2D eigenvalue weighted by molar-refractivity contribution is 7.98. The summed E-state index contributed by atoms with van der Waals surface area (Å²) in [5, 5.41) is 19.8. The number of benzene rings is 2. The lowest BCUT2D eigenvalue weighted by molar-refractivity contribution is -0.142. The Labute approximate surface area is 271 Å². The van der Waals surface area contributed by atoms with Gasteiger partial charge >= 0.3 is 5.97 Å². The van der Waals surface area contributed by atoms with E-state index in [1.165, 1.54) is 11.8 Å². The van der Waals surface area contributed by atoms with E-state index in [1.807, 2.05) is 54.8 Å². The number of thioether (sulfide) groups is 1. The van der Waals surface area contributed by atoms with Crippen molar-refractivity contribution in [3.05, 3.63) is 72.1 Å². The lowest BCUT2D eigenvalue weighted by atomic mass is 10.0. The summed E-state index contributed by atoms with van der Waals surface area (Å²) < 4.78 is 0. The van der Waals surface area contributed by atoms with Crippen molar-refractivity contribution < 1.29 is 24.3 Å². The van der Waals surface area contributed by atoms with Gasteiger partial charge in [-0.2, -0.15) is 11.8 Å². The van der Waals surface area contributed by atoms with Gasteiger partial charge in [-0.1, -0.05) is 42.8 Å². The number of carboxylic acid groups (broad SMARTS) is 1. The average molecular weight is 650 g/mol. The van der Waals surface area contributed by atoms with E-state index in [2.05, 4.69) is 25.9 Å². The number of fused-ring (bicyclic) bond motifs is 2. The van der Waals surface area contributed by atoms with Gasteiger partial charge in [-0.25, -0.2) is 4.79 Å². The van der Waals surface area contributed by atoms with Crippen LogP contribution in [0.2, 0.25) is 0 Å². The molecule has 13 heteroatoms. The van der Waals surface area contributed by atoms with Crippen LogP contribution in [0.15, 0.2) is 60.9 Å². The molecule has 3 amide bonds. The fourth-order valence-electron chi connectivity index (χ4n) is 5.42. The Kier molecular flexibility index (Phi) is 12.6. The van der Waals surface area contributed by atoms with Crippen LogP contribution in [0.5, 0.6) is 0 Å². The Morgan fingerprint density at radius 1 is 0.761 bits per heavy atom. The number of para-hydroxylation sites is 2. The van der Waals surface area contributed by atoms with Crippen LogP contribution in [0.25, 0.3) is 21.8 Å². The summed E-state index contributed by atoms with van der Waals surface area (Å²) >= 11 is 1.47. The third-order valence-corrected chi connectivity index (χ3v) is 8.64. The first-order valence-corrected chi connectivity index (χ1v) is 16.8. The summed E-state index contributed by atoms with van der Waals surface area (Å²) in [6.07, 6.45) is 7.64. The molecule has 0 saturated carbocycles. The number of carbonyl (C=O) groups is 4. The van der Waals surface area contributed by atoms with Crippen LogP contribution in [0.1, 0.15) is 36.8 Å². The highest BCUT2D eigenvalue weighted by Crippen LogP contribution is 2.21. The SMILES string of the molecule is CSCCC(NC(=O)C(Cc1c[nH]c2ccccc12)NC(=O)C(Cc1c[nH]c2ccccc12)NC(=O)C(N)CCCCN)C(=O)O. The van der Waals surface area contributed by atoms with Crippen molar-refractivity contribution >= 4 is 57.3 Å². The molecule has 4 atom stereocenters. The number of rotatable bonds is 18. The molecular formula is C33H43N7O5S. The summed E-state index contributed by atoms with van der Waals surface area (Å²) in [5.74, 6) is -2.35. The zero-order valence-corrected chi connectivity index (χ0v) is 26.7. The fraction of sp³-hybridized carbons (Fsp3) is 0.394. The van der Waals surface area contributed by atoms with E-state index in [0.29, 0.717) is 25.1 Å². The molecular weight excluding hydrogens is 606 g/mol. The first-order chi connectivity index (χ1) is 22.2. The monoisotopic (exact) mass is 649 g/mol. The number of amides is 3. The molecule has 0 aliphatic rings. The van der Waals surface area contributed by atoms with Crippen LogP contribution in [0, 0.1) is 0 Å². The van der Waals surface area contributed by atoms with Crippen molar-refractivity contribution in [2.45, 2.75) is 62.7 Å². The van der Waals surface area contributed by atoms with E-state index < -0.39 is 47.9 Å². The second-order valence-corrected chi connectivity index (χ2v) is 12.3. The van der Waals surface area contributed by atoms with Gasteiger partial charge in [0, 0.05) is 47.0 Å². The largest absolute Gasteiger partial charge is 0.480 e. The maximum Gasteiger partial charge on any atom is 0.326 e. The Bertz CT molecular complexity index is 1640. The predicted molar refractivity (Wildman–Crippen MR) is 181 cm³/mol. The average Bonchev–Trinajstić information content (AvgIpc) is 3.66. The van der Waals surface area contributed by atoms with Crippen LogP contribution in [0.4, 0.5) is 0 Å². The fourth-order valence-corrected chi connectivity index (χ4v) is 5.89. The topological polar surface area (TPSA) is 208 Å². The van der Waals surface area contributed by atoms with E-state index in [9.17, 15) is 24.3 Å². The number of carbonyl (C=O) groups excluding carboxylic acids is 3.